The predicted octanol–water partition coefficient (Wildman–Crippen LogP) is 3.27. The minimum Gasteiger partial charge on any atom is -0.491 e. The second kappa shape index (κ2) is 8.96. The van der Waals surface area contributed by atoms with Gasteiger partial charge in [0.25, 0.3) is 5.56 Å². The van der Waals surface area contributed by atoms with Crippen LogP contribution in [0.3, 0.4) is 0 Å². The number of H-pyrrole nitrogens is 1. The van der Waals surface area contributed by atoms with E-state index in [2.05, 4.69) is 35.4 Å². The van der Waals surface area contributed by atoms with Gasteiger partial charge in [0.2, 0.25) is 10.0 Å². The van der Waals surface area contributed by atoms with E-state index >= 15 is 0 Å². The number of rotatable bonds is 4. The van der Waals surface area contributed by atoms with E-state index in [0.29, 0.717) is 34.6 Å². The van der Waals surface area contributed by atoms with E-state index in [1.165, 1.54) is 19.2 Å². The zero-order valence-electron chi connectivity index (χ0n) is 19.7. The first-order valence-electron chi connectivity index (χ1n) is 10.7. The molecule has 35 heavy (non-hydrogen) atoms. The van der Waals surface area contributed by atoms with Crippen molar-refractivity contribution < 1.29 is 22.7 Å². The Kier molecular flexibility index (Phi) is 6.17. The van der Waals surface area contributed by atoms with E-state index in [-0.39, 0.29) is 22.2 Å². The standard InChI is InChI=1S/C26H24N2O6S/c1-26(2)15-34-23-17(12-18(13-22(23)26)20-6-5-11-27-24(20)29)8-7-16-9-10-19(28-35(4,31)32)14-21(16)25(30)33-3/h5-6,9-14,28H,15H2,1-4H3,(H,27,29). The Morgan fingerprint density at radius 3 is 2.57 bits per heavy atom. The zero-order chi connectivity index (χ0) is 25.4. The van der Waals surface area contributed by atoms with Crippen molar-refractivity contribution in [3.8, 4) is 28.7 Å². The van der Waals surface area contributed by atoms with Crippen molar-refractivity contribution in [2.24, 2.45) is 0 Å². The van der Waals surface area contributed by atoms with Crippen molar-refractivity contribution in [1.82, 2.24) is 4.98 Å². The van der Waals surface area contributed by atoms with E-state index < -0.39 is 16.0 Å². The van der Waals surface area contributed by atoms with Gasteiger partial charge in [-0.25, -0.2) is 13.2 Å². The molecule has 2 aromatic carbocycles. The van der Waals surface area contributed by atoms with Gasteiger partial charge in [-0.2, -0.15) is 0 Å². The van der Waals surface area contributed by atoms with Gasteiger partial charge < -0.3 is 14.5 Å². The van der Waals surface area contributed by atoms with Crippen molar-refractivity contribution in [1.29, 1.82) is 0 Å². The average molecular weight is 493 g/mol. The third-order valence-electron chi connectivity index (χ3n) is 5.58. The molecule has 9 heteroatoms. The summed E-state index contributed by atoms with van der Waals surface area (Å²) in [5, 5.41) is 0. The number of nitrogens with one attached hydrogen (secondary N) is 2. The van der Waals surface area contributed by atoms with Crippen LogP contribution in [0.25, 0.3) is 11.1 Å². The molecule has 1 aliphatic rings. The number of ether oxygens (including phenoxy) is 2. The molecule has 0 unspecified atom stereocenters. The van der Waals surface area contributed by atoms with E-state index in [1.807, 2.05) is 6.07 Å². The number of hydrogen-bond acceptors (Lipinski definition) is 6. The van der Waals surface area contributed by atoms with Crippen molar-refractivity contribution >= 4 is 21.7 Å². The Morgan fingerprint density at radius 2 is 1.89 bits per heavy atom. The summed E-state index contributed by atoms with van der Waals surface area (Å²) in [5.41, 5.74) is 2.90. The highest BCUT2D eigenvalue weighted by Gasteiger charge is 2.34. The topological polar surface area (TPSA) is 115 Å². The van der Waals surface area contributed by atoms with Crippen LogP contribution in [0.15, 0.2) is 53.5 Å². The van der Waals surface area contributed by atoms with Gasteiger partial charge in [-0.3, -0.25) is 9.52 Å². The molecule has 0 bridgehead atoms. The number of sulfonamides is 1. The lowest BCUT2D eigenvalue weighted by atomic mass is 9.84. The molecule has 180 valence electrons. The first-order chi connectivity index (χ1) is 16.5. The molecule has 0 atom stereocenters. The molecule has 0 fully saturated rings. The molecule has 1 aliphatic heterocycles. The summed E-state index contributed by atoms with van der Waals surface area (Å²) < 4.78 is 36.3. The Morgan fingerprint density at radius 1 is 1.14 bits per heavy atom. The molecular formula is C26H24N2O6S. The van der Waals surface area contributed by atoms with Crippen LogP contribution in [0, 0.1) is 11.8 Å². The van der Waals surface area contributed by atoms with Crippen LogP contribution >= 0.6 is 0 Å². The van der Waals surface area contributed by atoms with Crippen molar-refractivity contribution in [2.45, 2.75) is 19.3 Å². The van der Waals surface area contributed by atoms with Crippen LogP contribution in [-0.2, 0) is 20.2 Å². The molecule has 3 aromatic rings. The lowest BCUT2D eigenvalue weighted by molar-refractivity contribution is 0.0600. The molecule has 2 heterocycles. The second-order valence-corrected chi connectivity index (χ2v) is 10.6. The van der Waals surface area contributed by atoms with Gasteiger partial charge in [-0.15, -0.1) is 0 Å². The fourth-order valence-corrected chi connectivity index (χ4v) is 4.41. The fourth-order valence-electron chi connectivity index (χ4n) is 3.86. The molecule has 0 saturated heterocycles. The maximum atomic E-state index is 12.4. The SMILES string of the molecule is COC(=O)c1cc(NS(C)(=O)=O)ccc1C#Cc1cc(-c2ccc[nH]c2=O)cc2c1OCC2(C)C. The Labute approximate surface area is 203 Å². The Bertz CT molecular complexity index is 1560. The van der Waals surface area contributed by atoms with E-state index in [0.717, 1.165) is 11.8 Å². The molecular weight excluding hydrogens is 468 g/mol. The van der Waals surface area contributed by atoms with Crippen molar-refractivity contribution in [3.05, 3.63) is 81.3 Å². The molecule has 0 amide bonds. The number of carbonyl (C=O) groups is 1. The monoisotopic (exact) mass is 492 g/mol. The average Bonchev–Trinajstić information content (AvgIpc) is 3.11. The summed E-state index contributed by atoms with van der Waals surface area (Å²) in [6.07, 6.45) is 2.59. The van der Waals surface area contributed by atoms with Crippen molar-refractivity contribution in [3.63, 3.8) is 0 Å². The summed E-state index contributed by atoms with van der Waals surface area (Å²) in [7, 11) is -2.29. The van der Waals surface area contributed by atoms with Gasteiger partial charge in [0.15, 0.2) is 0 Å². The molecule has 0 aliphatic carbocycles. The highest BCUT2D eigenvalue weighted by Crippen LogP contribution is 2.42. The summed E-state index contributed by atoms with van der Waals surface area (Å²) in [5.74, 6) is 6.05. The summed E-state index contributed by atoms with van der Waals surface area (Å²) >= 11 is 0. The lowest BCUT2D eigenvalue weighted by Crippen LogP contribution is -2.18. The third kappa shape index (κ3) is 5.08. The van der Waals surface area contributed by atoms with Crippen LogP contribution in [0.1, 0.15) is 40.9 Å². The fraction of sp³-hybridized carbons (Fsp3) is 0.231. The van der Waals surface area contributed by atoms with Gasteiger partial charge in [-0.05, 0) is 48.0 Å². The van der Waals surface area contributed by atoms with Gasteiger partial charge >= 0.3 is 5.97 Å². The second-order valence-electron chi connectivity index (χ2n) is 8.86. The van der Waals surface area contributed by atoms with Gasteiger partial charge in [0, 0.05) is 34.0 Å². The maximum Gasteiger partial charge on any atom is 0.339 e. The summed E-state index contributed by atoms with van der Waals surface area (Å²) in [6, 6.07) is 11.7. The number of carbonyl (C=O) groups excluding carboxylic acids is 1. The highest BCUT2D eigenvalue weighted by molar-refractivity contribution is 7.92. The molecule has 0 saturated carbocycles. The smallest absolute Gasteiger partial charge is 0.339 e. The number of hydrogen-bond donors (Lipinski definition) is 2. The van der Waals surface area contributed by atoms with Crippen LogP contribution in [-0.4, -0.2) is 39.3 Å². The summed E-state index contributed by atoms with van der Waals surface area (Å²) in [6.45, 7) is 4.57. The Hall–Kier alpha value is -4.03. The van der Waals surface area contributed by atoms with Crippen LogP contribution in [0.4, 0.5) is 5.69 Å². The zero-order valence-corrected chi connectivity index (χ0v) is 20.5. The number of esters is 1. The normalized spacial score (nSPS) is 13.7. The quantitative estimate of drug-likeness (QED) is 0.427. The van der Waals surface area contributed by atoms with E-state index in [1.54, 1.807) is 30.5 Å². The van der Waals surface area contributed by atoms with Crippen LogP contribution < -0.4 is 15.0 Å². The third-order valence-corrected chi connectivity index (χ3v) is 6.19. The van der Waals surface area contributed by atoms with Crippen LogP contribution in [0.5, 0.6) is 5.75 Å². The number of aromatic amines is 1. The number of anilines is 1. The highest BCUT2D eigenvalue weighted by atomic mass is 32.2. The number of fused-ring (bicyclic) bond motifs is 1. The molecule has 0 radical (unpaired) electrons. The van der Waals surface area contributed by atoms with Gasteiger partial charge in [0.05, 0.1) is 31.1 Å². The molecule has 2 N–H and O–H groups in total. The number of pyridine rings is 1. The first kappa shape index (κ1) is 24.1. The van der Waals surface area contributed by atoms with Gasteiger partial charge in [0.1, 0.15) is 5.75 Å². The molecule has 4 rings (SSSR count). The number of aromatic nitrogens is 1. The van der Waals surface area contributed by atoms with Crippen LogP contribution in [0.2, 0.25) is 0 Å². The Balaban J connectivity index is 1.86. The minimum absolute atomic E-state index is 0.113. The number of benzene rings is 2. The minimum atomic E-state index is -3.53. The van der Waals surface area contributed by atoms with Crippen molar-refractivity contribution in [2.75, 3.05) is 24.7 Å². The maximum absolute atomic E-state index is 12.4. The molecule has 1 aromatic heterocycles. The lowest BCUT2D eigenvalue weighted by Gasteiger charge is -2.16. The van der Waals surface area contributed by atoms with E-state index in [9.17, 15) is 18.0 Å². The molecule has 8 nitrogen and oxygen atoms in total. The largest absolute Gasteiger partial charge is 0.491 e. The predicted molar refractivity (Wildman–Crippen MR) is 133 cm³/mol. The van der Waals surface area contributed by atoms with Gasteiger partial charge in [-0.1, -0.05) is 25.7 Å². The summed E-state index contributed by atoms with van der Waals surface area (Å²) in [4.78, 5) is 27.5. The number of methoxy groups -OCH3 is 1. The first-order valence-corrected chi connectivity index (χ1v) is 12.6. The molecule has 0 spiro atoms. The van der Waals surface area contributed by atoms with E-state index in [4.69, 9.17) is 9.47 Å².